The zero-order valence-corrected chi connectivity index (χ0v) is 23.9. The average Bonchev–Trinajstić information content (AvgIpc) is 2.97. The first-order valence-electron chi connectivity index (χ1n) is 12.5. The van der Waals surface area contributed by atoms with Crippen molar-refractivity contribution in [3.63, 3.8) is 0 Å². The second-order valence-corrected chi connectivity index (χ2v) is 9.24. The Morgan fingerprint density at radius 2 is 1.41 bits per heavy atom. The monoisotopic (exact) mass is 681 g/mol. The zero-order chi connectivity index (χ0) is 25.9. The fourth-order valence-electron chi connectivity index (χ4n) is 4.61. The molecule has 0 aliphatic carbocycles. The van der Waals surface area contributed by atoms with Gasteiger partial charge in [0.15, 0.2) is 0 Å². The van der Waals surface area contributed by atoms with E-state index in [2.05, 4.69) is 102 Å². The molecule has 39 heavy (non-hydrogen) atoms. The number of rotatable bonds is 2. The molecular weight excluding hydrogens is 657 g/mol. The molecular formula is C34H24IrN4-2. The Balaban J connectivity index is 0.000000155. The molecule has 0 aliphatic rings. The minimum atomic E-state index is 0. The molecule has 0 bridgehead atoms. The van der Waals surface area contributed by atoms with Crippen LogP contribution >= 0.6 is 0 Å². The first-order chi connectivity index (χ1) is 18.6. The number of aromatic nitrogens is 4. The fourth-order valence-corrected chi connectivity index (χ4v) is 4.61. The largest absolute Gasteiger partial charge is 0.360 e. The van der Waals surface area contributed by atoms with Gasteiger partial charge in [0.05, 0.1) is 11.3 Å². The van der Waals surface area contributed by atoms with Crippen LogP contribution in [0.3, 0.4) is 0 Å². The maximum Gasteiger partial charge on any atom is 0.0770 e. The van der Waals surface area contributed by atoms with Crippen molar-refractivity contribution in [3.05, 3.63) is 133 Å². The van der Waals surface area contributed by atoms with E-state index >= 15 is 0 Å². The molecule has 4 nitrogen and oxygen atoms in total. The molecule has 4 aromatic carbocycles. The Bertz CT molecular complexity index is 1880. The standard InChI is InChI=1S/C17H10N3.C17H14N.Ir/c1-2-6-15-12(4-1)7-8-13-11-19-17(20-16(13)15)14-5-3-9-18-10-14;1-12-7-13(2)9-16(8-12)17-10-14-5-3-4-6-15(14)11-18-17;/h1-4,6-11H;3-8,10-11H,1-2H3;/q2*-1;. The number of nitrogens with zero attached hydrogens (tertiary/aromatic N) is 4. The molecule has 0 fully saturated rings. The van der Waals surface area contributed by atoms with E-state index in [1.165, 1.54) is 21.7 Å². The first-order valence-corrected chi connectivity index (χ1v) is 12.5. The second-order valence-electron chi connectivity index (χ2n) is 9.24. The van der Waals surface area contributed by atoms with Crippen LogP contribution in [0.2, 0.25) is 0 Å². The van der Waals surface area contributed by atoms with Crippen LogP contribution in [-0.4, -0.2) is 19.9 Å². The molecule has 7 aromatic rings. The van der Waals surface area contributed by atoms with Gasteiger partial charge in [-0.25, -0.2) is 0 Å². The number of hydrogen-bond donors (Lipinski definition) is 0. The fraction of sp³-hybridized carbons (Fsp3) is 0.0588. The topological polar surface area (TPSA) is 51.6 Å². The van der Waals surface area contributed by atoms with Crippen LogP contribution in [0.1, 0.15) is 11.1 Å². The van der Waals surface area contributed by atoms with Crippen LogP contribution in [0.15, 0.2) is 110 Å². The predicted molar refractivity (Wildman–Crippen MR) is 155 cm³/mol. The Hall–Kier alpha value is -4.31. The normalized spacial score (nSPS) is 10.6. The molecule has 0 atom stereocenters. The minimum absolute atomic E-state index is 0. The molecule has 191 valence electrons. The molecule has 7 rings (SSSR count). The molecule has 0 amide bonds. The molecule has 0 unspecified atom stereocenters. The molecule has 1 radical (unpaired) electrons. The van der Waals surface area contributed by atoms with E-state index in [0.717, 1.165) is 38.7 Å². The van der Waals surface area contributed by atoms with Crippen molar-refractivity contribution in [2.45, 2.75) is 13.8 Å². The number of fused-ring (bicyclic) bond motifs is 4. The van der Waals surface area contributed by atoms with Crippen LogP contribution in [0.25, 0.3) is 55.1 Å². The van der Waals surface area contributed by atoms with E-state index in [9.17, 15) is 0 Å². The summed E-state index contributed by atoms with van der Waals surface area (Å²) in [7, 11) is 0. The number of aryl methyl sites for hydroxylation is 2. The van der Waals surface area contributed by atoms with Crippen molar-refractivity contribution in [1.82, 2.24) is 19.9 Å². The van der Waals surface area contributed by atoms with E-state index in [4.69, 9.17) is 4.98 Å². The Kier molecular flexibility index (Phi) is 7.83. The third kappa shape index (κ3) is 5.75. The average molecular weight is 681 g/mol. The summed E-state index contributed by atoms with van der Waals surface area (Å²) in [5, 5.41) is 5.74. The molecule has 3 heterocycles. The quantitative estimate of drug-likeness (QED) is 0.137. The van der Waals surface area contributed by atoms with E-state index in [1.807, 2.05) is 30.6 Å². The Morgan fingerprint density at radius 1 is 0.667 bits per heavy atom. The molecule has 0 spiro atoms. The van der Waals surface area contributed by atoms with Crippen molar-refractivity contribution < 1.29 is 20.1 Å². The smallest absolute Gasteiger partial charge is 0.0770 e. The van der Waals surface area contributed by atoms with Crippen LogP contribution in [0.4, 0.5) is 0 Å². The van der Waals surface area contributed by atoms with Gasteiger partial charge in [-0.3, -0.25) is 9.97 Å². The third-order valence-corrected chi connectivity index (χ3v) is 6.37. The van der Waals surface area contributed by atoms with Crippen molar-refractivity contribution in [1.29, 1.82) is 0 Å². The molecule has 0 N–H and O–H groups in total. The van der Waals surface area contributed by atoms with Gasteiger partial charge < -0.3 is 9.97 Å². The third-order valence-electron chi connectivity index (χ3n) is 6.37. The SMILES string of the molecule is Cc1[c-]c(-c2cc3ccccc3cn2)cc(C)c1.[Ir].[c-]1ccncc1-c1ncc2ccc3ccccc3c2n1. The number of pyridine rings is 2. The van der Waals surface area contributed by atoms with Gasteiger partial charge in [-0.15, -0.1) is 47.0 Å². The van der Waals surface area contributed by atoms with Crippen LogP contribution < -0.4 is 0 Å². The summed E-state index contributed by atoms with van der Waals surface area (Å²) < 4.78 is 0. The summed E-state index contributed by atoms with van der Waals surface area (Å²) >= 11 is 0. The number of hydrogen-bond acceptors (Lipinski definition) is 4. The molecule has 3 aromatic heterocycles. The summed E-state index contributed by atoms with van der Waals surface area (Å²) in [5.41, 5.74) is 6.22. The van der Waals surface area contributed by atoms with Crippen molar-refractivity contribution >= 4 is 32.4 Å². The maximum absolute atomic E-state index is 4.69. The van der Waals surface area contributed by atoms with Crippen molar-refractivity contribution in [2.75, 3.05) is 0 Å². The van der Waals surface area contributed by atoms with Crippen LogP contribution in [0.5, 0.6) is 0 Å². The summed E-state index contributed by atoms with van der Waals surface area (Å²) in [4.78, 5) is 17.7. The van der Waals surface area contributed by atoms with Gasteiger partial charge in [0.1, 0.15) is 0 Å². The molecule has 0 saturated carbocycles. The van der Waals surface area contributed by atoms with E-state index in [0.29, 0.717) is 5.82 Å². The Morgan fingerprint density at radius 3 is 2.21 bits per heavy atom. The van der Waals surface area contributed by atoms with Crippen molar-refractivity contribution in [3.8, 4) is 22.6 Å². The molecule has 5 heteroatoms. The summed E-state index contributed by atoms with van der Waals surface area (Å²) in [5.74, 6) is 0.655. The second kappa shape index (κ2) is 11.6. The van der Waals surface area contributed by atoms with Gasteiger partial charge in [0.2, 0.25) is 0 Å². The first kappa shape index (κ1) is 26.3. The van der Waals surface area contributed by atoms with E-state index in [1.54, 1.807) is 18.5 Å². The Labute approximate surface area is 241 Å². The van der Waals surface area contributed by atoms with Crippen LogP contribution in [-0.2, 0) is 20.1 Å². The van der Waals surface area contributed by atoms with Gasteiger partial charge in [0, 0.05) is 43.3 Å². The summed E-state index contributed by atoms with van der Waals surface area (Å²) in [6.07, 6.45) is 7.20. The predicted octanol–water partition coefficient (Wildman–Crippen LogP) is 7.96. The zero-order valence-electron chi connectivity index (χ0n) is 21.5. The van der Waals surface area contributed by atoms with Gasteiger partial charge >= 0.3 is 0 Å². The summed E-state index contributed by atoms with van der Waals surface area (Å²) in [6.45, 7) is 4.17. The number of benzene rings is 4. The van der Waals surface area contributed by atoms with Crippen LogP contribution in [0, 0.1) is 26.0 Å². The van der Waals surface area contributed by atoms with Gasteiger partial charge in [-0.2, -0.15) is 0 Å². The minimum Gasteiger partial charge on any atom is -0.360 e. The maximum atomic E-state index is 4.69. The molecule has 0 saturated heterocycles. The molecule has 0 aliphatic heterocycles. The van der Waals surface area contributed by atoms with Gasteiger partial charge in [-0.1, -0.05) is 98.5 Å². The van der Waals surface area contributed by atoms with Crippen molar-refractivity contribution in [2.24, 2.45) is 0 Å². The van der Waals surface area contributed by atoms with Gasteiger partial charge in [0.25, 0.3) is 0 Å². The van der Waals surface area contributed by atoms with E-state index < -0.39 is 0 Å². The summed E-state index contributed by atoms with van der Waals surface area (Å²) in [6, 6.07) is 35.3. The van der Waals surface area contributed by atoms with E-state index in [-0.39, 0.29) is 20.1 Å². The van der Waals surface area contributed by atoms with Gasteiger partial charge in [-0.05, 0) is 21.9 Å².